The Kier molecular flexibility index (Phi) is 4.58. The number of anilines is 2. The van der Waals surface area contributed by atoms with Crippen molar-refractivity contribution in [1.29, 1.82) is 0 Å². The number of fused-ring (bicyclic) bond motifs is 1. The molecule has 146 valence electrons. The van der Waals surface area contributed by atoms with Gasteiger partial charge in [-0.1, -0.05) is 0 Å². The Labute approximate surface area is 157 Å². The van der Waals surface area contributed by atoms with Crippen molar-refractivity contribution < 1.29 is 18.0 Å². The fourth-order valence-corrected chi connectivity index (χ4v) is 3.48. The second-order valence-corrected chi connectivity index (χ2v) is 6.73. The Hall–Kier alpha value is -3.23. The van der Waals surface area contributed by atoms with Crippen molar-refractivity contribution in [2.24, 2.45) is 0 Å². The SMILES string of the molecule is O=C(Cc1c(F)ccc(F)c1F)Nc1cc2[nH]c(=O)[nH]c2cc1N1CCCC1. The molecule has 1 amide bonds. The van der Waals surface area contributed by atoms with E-state index in [1.807, 2.05) is 0 Å². The maximum atomic E-state index is 13.9. The minimum absolute atomic E-state index is 0.380. The predicted octanol–water partition coefficient (Wildman–Crippen LogP) is 3.05. The van der Waals surface area contributed by atoms with Crippen LogP contribution in [0.3, 0.4) is 0 Å². The van der Waals surface area contributed by atoms with Crippen molar-refractivity contribution >= 4 is 28.3 Å². The molecule has 4 rings (SSSR count). The first-order chi connectivity index (χ1) is 13.4. The summed E-state index contributed by atoms with van der Waals surface area (Å²) in [6, 6.07) is 4.80. The number of benzene rings is 2. The first-order valence-electron chi connectivity index (χ1n) is 8.85. The number of hydrogen-bond donors (Lipinski definition) is 3. The molecule has 1 aromatic heterocycles. The molecule has 1 aliphatic rings. The molecule has 2 aromatic carbocycles. The van der Waals surface area contributed by atoms with Crippen LogP contribution in [0.5, 0.6) is 0 Å². The van der Waals surface area contributed by atoms with Crippen LogP contribution in [0, 0.1) is 17.5 Å². The maximum absolute atomic E-state index is 13.9. The predicted molar refractivity (Wildman–Crippen MR) is 99.0 cm³/mol. The van der Waals surface area contributed by atoms with Crippen LogP contribution in [0.2, 0.25) is 0 Å². The van der Waals surface area contributed by atoms with Crippen molar-refractivity contribution in [2.45, 2.75) is 19.3 Å². The van der Waals surface area contributed by atoms with Crippen LogP contribution in [0.4, 0.5) is 24.5 Å². The van der Waals surface area contributed by atoms with E-state index in [1.165, 1.54) is 0 Å². The molecule has 0 unspecified atom stereocenters. The number of hydrogen-bond acceptors (Lipinski definition) is 3. The van der Waals surface area contributed by atoms with Crippen molar-refractivity contribution in [3.8, 4) is 0 Å². The zero-order valence-electron chi connectivity index (χ0n) is 14.7. The lowest BCUT2D eigenvalue weighted by Crippen LogP contribution is -2.22. The summed E-state index contributed by atoms with van der Waals surface area (Å²) in [5.74, 6) is -4.27. The van der Waals surface area contributed by atoms with Crippen molar-refractivity contribution in [3.63, 3.8) is 0 Å². The lowest BCUT2D eigenvalue weighted by molar-refractivity contribution is -0.115. The molecule has 0 spiro atoms. The normalized spacial score (nSPS) is 14.0. The summed E-state index contributed by atoms with van der Waals surface area (Å²) in [6.45, 7) is 1.58. The van der Waals surface area contributed by atoms with Gasteiger partial charge in [0, 0.05) is 18.7 Å². The van der Waals surface area contributed by atoms with Gasteiger partial charge in [0.2, 0.25) is 5.91 Å². The van der Waals surface area contributed by atoms with Gasteiger partial charge in [-0.3, -0.25) is 4.79 Å². The molecule has 0 saturated carbocycles. The summed E-state index contributed by atoms with van der Waals surface area (Å²) >= 11 is 0. The zero-order chi connectivity index (χ0) is 19.8. The highest BCUT2D eigenvalue weighted by molar-refractivity contribution is 5.99. The van der Waals surface area contributed by atoms with Crippen molar-refractivity contribution in [2.75, 3.05) is 23.3 Å². The number of nitrogens with zero attached hydrogens (tertiary/aromatic N) is 1. The zero-order valence-corrected chi connectivity index (χ0v) is 14.7. The summed E-state index contributed by atoms with van der Waals surface area (Å²) in [6.07, 6.45) is 1.33. The van der Waals surface area contributed by atoms with Gasteiger partial charge in [-0.25, -0.2) is 18.0 Å². The van der Waals surface area contributed by atoms with Gasteiger partial charge in [-0.15, -0.1) is 0 Å². The van der Waals surface area contributed by atoms with E-state index < -0.39 is 35.3 Å². The number of H-pyrrole nitrogens is 2. The van der Waals surface area contributed by atoms with E-state index in [9.17, 15) is 22.8 Å². The molecular formula is C19H17F3N4O2. The Balaban J connectivity index is 1.66. The second kappa shape index (κ2) is 7.06. The van der Waals surface area contributed by atoms with Crippen LogP contribution in [-0.4, -0.2) is 29.0 Å². The second-order valence-electron chi connectivity index (χ2n) is 6.73. The number of aromatic nitrogens is 2. The van der Waals surface area contributed by atoms with E-state index in [1.54, 1.807) is 12.1 Å². The van der Waals surface area contributed by atoms with E-state index in [0.717, 1.165) is 32.0 Å². The lowest BCUT2D eigenvalue weighted by atomic mass is 10.1. The number of amides is 1. The van der Waals surface area contributed by atoms with Gasteiger partial charge in [0.05, 0.1) is 28.8 Å². The van der Waals surface area contributed by atoms with E-state index >= 15 is 0 Å². The number of rotatable bonds is 4. The van der Waals surface area contributed by atoms with Crippen LogP contribution < -0.4 is 15.9 Å². The molecule has 3 aromatic rings. The topological polar surface area (TPSA) is 81.0 Å². The fraction of sp³-hybridized carbons (Fsp3) is 0.263. The smallest absolute Gasteiger partial charge is 0.323 e. The Morgan fingerprint density at radius 2 is 1.68 bits per heavy atom. The van der Waals surface area contributed by atoms with E-state index in [-0.39, 0.29) is 5.69 Å². The van der Waals surface area contributed by atoms with E-state index in [0.29, 0.717) is 28.5 Å². The monoisotopic (exact) mass is 390 g/mol. The summed E-state index contributed by atoms with van der Waals surface area (Å²) < 4.78 is 41.0. The highest BCUT2D eigenvalue weighted by Crippen LogP contribution is 2.32. The van der Waals surface area contributed by atoms with Gasteiger partial charge in [0.25, 0.3) is 0 Å². The highest BCUT2D eigenvalue weighted by Gasteiger charge is 2.21. The van der Waals surface area contributed by atoms with Gasteiger partial charge in [0.15, 0.2) is 11.6 Å². The molecule has 0 aliphatic carbocycles. The molecule has 1 aliphatic heterocycles. The fourth-order valence-electron chi connectivity index (χ4n) is 3.48. The average molecular weight is 390 g/mol. The third-order valence-electron chi connectivity index (χ3n) is 4.83. The molecule has 9 heteroatoms. The molecule has 28 heavy (non-hydrogen) atoms. The van der Waals surface area contributed by atoms with Crippen LogP contribution in [0.25, 0.3) is 11.0 Å². The largest absolute Gasteiger partial charge is 0.370 e. The van der Waals surface area contributed by atoms with Gasteiger partial charge >= 0.3 is 5.69 Å². The average Bonchev–Trinajstić information content (AvgIpc) is 3.30. The van der Waals surface area contributed by atoms with Gasteiger partial charge < -0.3 is 20.2 Å². The molecule has 6 nitrogen and oxygen atoms in total. The third kappa shape index (κ3) is 3.35. The lowest BCUT2D eigenvalue weighted by Gasteiger charge is -2.22. The standard InChI is InChI=1S/C19H17F3N4O2/c20-11-3-4-12(21)18(22)10(11)7-17(27)23-15-8-13-14(25-19(28)24-13)9-16(15)26-5-1-2-6-26/h3-4,8-9H,1-2,5-7H2,(H,23,27)(H2,24,25,28). The molecule has 0 bridgehead atoms. The summed E-state index contributed by atoms with van der Waals surface area (Å²) in [5.41, 5.74) is 1.19. The van der Waals surface area contributed by atoms with Gasteiger partial charge in [-0.2, -0.15) is 0 Å². The quantitative estimate of drug-likeness (QED) is 0.599. The number of nitrogens with one attached hydrogen (secondary N) is 3. The minimum Gasteiger partial charge on any atom is -0.370 e. The van der Waals surface area contributed by atoms with Crippen LogP contribution in [0.1, 0.15) is 18.4 Å². The summed E-state index contributed by atoms with van der Waals surface area (Å²) in [5, 5.41) is 2.64. The molecular weight excluding hydrogens is 373 g/mol. The number of carbonyl (C=O) groups is 1. The van der Waals surface area contributed by atoms with E-state index in [2.05, 4.69) is 20.2 Å². The summed E-state index contributed by atoms with van der Waals surface area (Å²) in [7, 11) is 0. The van der Waals surface area contributed by atoms with Gasteiger partial charge in [0.1, 0.15) is 5.82 Å². The Morgan fingerprint density at radius 3 is 2.39 bits per heavy atom. The summed E-state index contributed by atoms with van der Waals surface area (Å²) in [4.78, 5) is 31.4. The molecule has 1 saturated heterocycles. The number of carbonyl (C=O) groups excluding carboxylic acids is 1. The van der Waals surface area contributed by atoms with Crippen LogP contribution >= 0.6 is 0 Å². The number of imidazole rings is 1. The van der Waals surface area contributed by atoms with Crippen LogP contribution in [0.15, 0.2) is 29.1 Å². The third-order valence-corrected chi connectivity index (χ3v) is 4.83. The highest BCUT2D eigenvalue weighted by atomic mass is 19.2. The first kappa shape index (κ1) is 18.1. The number of aromatic amines is 2. The number of halogens is 3. The Bertz CT molecular complexity index is 1120. The van der Waals surface area contributed by atoms with Crippen molar-refractivity contribution in [1.82, 2.24) is 9.97 Å². The molecule has 1 fully saturated rings. The molecule has 3 N–H and O–H groups in total. The molecule has 0 radical (unpaired) electrons. The first-order valence-corrected chi connectivity index (χ1v) is 8.85. The maximum Gasteiger partial charge on any atom is 0.323 e. The van der Waals surface area contributed by atoms with Gasteiger partial charge in [-0.05, 0) is 37.1 Å². The molecule has 0 atom stereocenters. The minimum atomic E-state index is -1.37. The molecule has 2 heterocycles. The Morgan fingerprint density at radius 1 is 1.04 bits per heavy atom. The van der Waals surface area contributed by atoms with Crippen LogP contribution in [-0.2, 0) is 11.2 Å². The van der Waals surface area contributed by atoms with E-state index in [4.69, 9.17) is 0 Å². The van der Waals surface area contributed by atoms with Crippen molar-refractivity contribution in [3.05, 3.63) is 57.8 Å².